The molecule has 0 aromatic heterocycles. The molecule has 1 aliphatic rings. The Morgan fingerprint density at radius 3 is 2.64 bits per heavy atom. The van der Waals surface area contributed by atoms with E-state index in [1.165, 1.54) is 0 Å². The van der Waals surface area contributed by atoms with Gasteiger partial charge in [0.1, 0.15) is 5.92 Å². The predicted molar refractivity (Wildman–Crippen MR) is 84.9 cm³/mol. The zero-order valence-electron chi connectivity index (χ0n) is 11.4. The van der Waals surface area contributed by atoms with Crippen molar-refractivity contribution in [3.8, 4) is 0 Å². The third-order valence-corrected chi connectivity index (χ3v) is 3.68. The van der Waals surface area contributed by atoms with Crippen LogP contribution in [0.2, 0.25) is 0 Å². The van der Waals surface area contributed by atoms with Crippen LogP contribution in [-0.2, 0) is 16.1 Å². The van der Waals surface area contributed by atoms with E-state index in [4.69, 9.17) is 0 Å². The van der Waals surface area contributed by atoms with E-state index in [0.717, 1.165) is 11.3 Å². The number of anilines is 2. The minimum absolute atomic E-state index is 0.106. The van der Waals surface area contributed by atoms with Crippen molar-refractivity contribution < 1.29 is 13.6 Å². The van der Waals surface area contributed by atoms with E-state index >= 15 is 0 Å². The zero-order valence-corrected chi connectivity index (χ0v) is 12.2. The molecule has 0 radical (unpaired) electrons. The molecule has 6 nitrogen and oxygen atoms in total. The van der Waals surface area contributed by atoms with E-state index in [1.54, 1.807) is 30.5 Å². The quantitative estimate of drug-likeness (QED) is 0.670. The highest BCUT2D eigenvalue weighted by molar-refractivity contribution is 7.80. The lowest BCUT2D eigenvalue weighted by atomic mass is 10.0. The Kier molecular flexibility index (Phi) is 3.99. The number of rotatable bonds is 4. The van der Waals surface area contributed by atoms with Crippen molar-refractivity contribution >= 4 is 40.5 Å². The highest BCUT2D eigenvalue weighted by atomic mass is 32.2. The molecule has 1 amide bonds. The molecule has 2 aromatic rings. The second-order valence-corrected chi connectivity index (χ2v) is 5.39. The first-order chi connectivity index (χ1) is 10.6. The number of nitrogens with zero attached hydrogens (tertiary/aromatic N) is 1. The first kappa shape index (κ1) is 14.4. The fraction of sp³-hybridized carbons (Fsp3) is 0.0667. The molecular weight excluding hydrogens is 302 g/mol. The zero-order chi connectivity index (χ0) is 15.5. The molecule has 112 valence electrons. The maximum atomic E-state index is 11.9. The van der Waals surface area contributed by atoms with Crippen molar-refractivity contribution in [3.05, 3.63) is 54.1 Å². The molecule has 0 saturated heterocycles. The summed E-state index contributed by atoms with van der Waals surface area (Å²) in [6.45, 7) is 0. The van der Waals surface area contributed by atoms with Crippen LogP contribution in [0.3, 0.4) is 0 Å². The average Bonchev–Trinajstić information content (AvgIpc) is 2.81. The maximum Gasteiger partial charge on any atom is 0.237 e. The van der Waals surface area contributed by atoms with Crippen molar-refractivity contribution in [2.75, 3.05) is 10.0 Å². The van der Waals surface area contributed by atoms with Gasteiger partial charge in [0.2, 0.25) is 5.91 Å². The van der Waals surface area contributed by atoms with Crippen molar-refractivity contribution in [2.45, 2.75) is 5.92 Å². The number of para-hydroxylation sites is 1. The summed E-state index contributed by atoms with van der Waals surface area (Å²) in [7, 11) is 0. The van der Waals surface area contributed by atoms with Crippen LogP contribution in [0.1, 0.15) is 11.5 Å². The predicted octanol–water partition coefficient (Wildman–Crippen LogP) is 2.33. The molecule has 1 heterocycles. The third-order valence-electron chi connectivity index (χ3n) is 3.28. The van der Waals surface area contributed by atoms with Gasteiger partial charge in [0, 0.05) is 28.9 Å². The fourth-order valence-electron chi connectivity index (χ4n) is 2.25. The number of aliphatic imine (C=N–C) groups is 1. The molecule has 0 fully saturated rings. The van der Waals surface area contributed by atoms with Crippen LogP contribution < -0.4 is 10.0 Å². The average molecular weight is 314 g/mol. The third kappa shape index (κ3) is 3.05. The van der Waals surface area contributed by atoms with Gasteiger partial charge in [-0.25, -0.2) is 0 Å². The van der Waals surface area contributed by atoms with E-state index in [9.17, 15) is 13.6 Å². The van der Waals surface area contributed by atoms with Gasteiger partial charge in [-0.15, -0.1) is 0 Å². The van der Waals surface area contributed by atoms with Gasteiger partial charge in [-0.05, 0) is 35.9 Å². The van der Waals surface area contributed by atoms with Crippen LogP contribution in [0.4, 0.5) is 17.1 Å². The van der Waals surface area contributed by atoms with E-state index in [-0.39, 0.29) is 5.91 Å². The SMILES string of the molecule is O=C1Nc2ccccc2C1C=Nc1ccc(NS(=O)[O-])cc1. The first-order valence-electron chi connectivity index (χ1n) is 6.53. The van der Waals surface area contributed by atoms with Gasteiger partial charge in [-0.3, -0.25) is 14.0 Å². The van der Waals surface area contributed by atoms with Gasteiger partial charge in [0.05, 0.1) is 5.69 Å². The molecule has 0 bridgehead atoms. The molecule has 2 N–H and O–H groups in total. The summed E-state index contributed by atoms with van der Waals surface area (Å²) in [5, 5.41) is 2.81. The Balaban J connectivity index is 1.77. The summed E-state index contributed by atoms with van der Waals surface area (Å²) in [6.07, 6.45) is 1.59. The molecule has 2 atom stereocenters. The standard InChI is InChI=1S/C15H13N3O3S/c19-15-13(12-3-1-2-4-14(12)17-15)9-16-10-5-7-11(8-6-10)18-22(20)21/h1-9,13,18H,(H,17,19)(H,20,21)/p-1. The van der Waals surface area contributed by atoms with E-state index in [2.05, 4.69) is 15.0 Å². The number of fused-ring (bicyclic) bond motifs is 1. The maximum absolute atomic E-state index is 11.9. The summed E-state index contributed by atoms with van der Waals surface area (Å²) in [5.74, 6) is -0.520. The number of carbonyl (C=O) groups is 1. The summed E-state index contributed by atoms with van der Waals surface area (Å²) < 4.78 is 23.3. The van der Waals surface area contributed by atoms with Crippen molar-refractivity contribution in [3.63, 3.8) is 0 Å². The summed E-state index contributed by atoms with van der Waals surface area (Å²) >= 11 is -2.35. The number of hydrogen-bond acceptors (Lipinski definition) is 4. The van der Waals surface area contributed by atoms with Gasteiger partial charge < -0.3 is 14.6 Å². The normalized spacial score (nSPS) is 18.0. The van der Waals surface area contributed by atoms with Crippen LogP contribution in [-0.4, -0.2) is 20.9 Å². The smallest absolute Gasteiger partial charge is 0.237 e. The van der Waals surface area contributed by atoms with Crippen LogP contribution in [0, 0.1) is 0 Å². The van der Waals surface area contributed by atoms with Crippen LogP contribution in [0.25, 0.3) is 0 Å². The number of benzene rings is 2. The molecular formula is C15H12N3O3S-. The molecule has 3 rings (SSSR count). The number of hydrogen-bond donors (Lipinski definition) is 2. The molecule has 22 heavy (non-hydrogen) atoms. The first-order valence-corrected chi connectivity index (χ1v) is 7.61. The summed E-state index contributed by atoms with van der Waals surface area (Å²) in [6, 6.07) is 14.0. The minimum atomic E-state index is -2.35. The van der Waals surface area contributed by atoms with E-state index in [1.807, 2.05) is 24.3 Å². The lowest BCUT2D eigenvalue weighted by Crippen LogP contribution is -2.12. The summed E-state index contributed by atoms with van der Waals surface area (Å²) in [4.78, 5) is 16.2. The van der Waals surface area contributed by atoms with Crippen molar-refractivity contribution in [1.82, 2.24) is 0 Å². The molecule has 1 aliphatic heterocycles. The Morgan fingerprint density at radius 1 is 1.18 bits per heavy atom. The van der Waals surface area contributed by atoms with Crippen molar-refractivity contribution in [1.29, 1.82) is 0 Å². The van der Waals surface area contributed by atoms with E-state index in [0.29, 0.717) is 11.4 Å². The molecule has 0 saturated carbocycles. The Hall–Kier alpha value is -2.51. The molecule has 0 spiro atoms. The summed E-state index contributed by atoms with van der Waals surface area (Å²) in [5.41, 5.74) is 2.80. The highest BCUT2D eigenvalue weighted by Gasteiger charge is 2.28. The topological polar surface area (TPSA) is 93.6 Å². The van der Waals surface area contributed by atoms with Crippen LogP contribution in [0.5, 0.6) is 0 Å². The van der Waals surface area contributed by atoms with E-state index < -0.39 is 17.2 Å². The molecule has 7 heteroatoms. The number of amides is 1. The Labute approximate surface area is 129 Å². The Morgan fingerprint density at radius 2 is 1.91 bits per heavy atom. The second kappa shape index (κ2) is 6.08. The molecule has 2 aromatic carbocycles. The van der Waals surface area contributed by atoms with Gasteiger partial charge in [-0.2, -0.15) is 0 Å². The highest BCUT2D eigenvalue weighted by Crippen LogP contribution is 2.31. The molecule has 2 unspecified atom stereocenters. The Bertz CT molecular complexity index is 759. The van der Waals surface area contributed by atoms with Crippen molar-refractivity contribution in [2.24, 2.45) is 4.99 Å². The van der Waals surface area contributed by atoms with Crippen LogP contribution >= 0.6 is 0 Å². The largest absolute Gasteiger partial charge is 0.755 e. The van der Waals surface area contributed by atoms with Gasteiger partial charge >= 0.3 is 0 Å². The lowest BCUT2D eigenvalue weighted by molar-refractivity contribution is -0.115. The van der Waals surface area contributed by atoms with Crippen LogP contribution in [0.15, 0.2) is 53.5 Å². The molecule has 0 aliphatic carbocycles. The monoisotopic (exact) mass is 314 g/mol. The van der Waals surface area contributed by atoms with Gasteiger partial charge in [0.25, 0.3) is 0 Å². The lowest BCUT2D eigenvalue weighted by Gasteiger charge is -2.08. The number of nitrogens with one attached hydrogen (secondary N) is 2. The minimum Gasteiger partial charge on any atom is -0.755 e. The van der Waals surface area contributed by atoms with Gasteiger partial charge in [-0.1, -0.05) is 18.2 Å². The van der Waals surface area contributed by atoms with Gasteiger partial charge in [0.15, 0.2) is 0 Å². The fourth-order valence-corrected chi connectivity index (χ4v) is 2.58. The number of carbonyl (C=O) groups excluding carboxylic acids is 1. The second-order valence-electron chi connectivity index (χ2n) is 4.72.